The third kappa shape index (κ3) is 6.61. The van der Waals surface area contributed by atoms with Gasteiger partial charge in [0.15, 0.2) is 11.7 Å². The van der Waals surface area contributed by atoms with Crippen LogP contribution in [0, 0.1) is 6.92 Å². The Morgan fingerprint density at radius 2 is 2.21 bits per heavy atom. The lowest BCUT2D eigenvalue weighted by Crippen LogP contribution is -2.41. The van der Waals surface area contributed by atoms with E-state index < -0.39 is 0 Å². The first kappa shape index (κ1) is 18.9. The fourth-order valence-corrected chi connectivity index (χ4v) is 3.28. The Kier molecular flexibility index (Phi) is 7.72. The summed E-state index contributed by atoms with van der Waals surface area (Å²) in [6, 6.07) is 5.66. The minimum Gasteiger partial charge on any atom is -0.483 e. The number of nitrogens with one attached hydrogen (secondary N) is 2. The lowest BCUT2D eigenvalue weighted by atomic mass is 9.97. The molecule has 0 heterocycles. The highest BCUT2D eigenvalue weighted by molar-refractivity contribution is 9.10. The minimum absolute atomic E-state index is 0.0601. The highest BCUT2D eigenvalue weighted by Gasteiger charge is 2.08. The maximum atomic E-state index is 11.9. The van der Waals surface area contributed by atoms with Crippen molar-refractivity contribution in [2.45, 2.75) is 39.0 Å². The molecule has 0 spiro atoms. The van der Waals surface area contributed by atoms with Gasteiger partial charge in [-0.05, 0) is 75.0 Å². The summed E-state index contributed by atoms with van der Waals surface area (Å²) in [6.07, 6.45) is 8.24. The highest BCUT2D eigenvalue weighted by Crippen LogP contribution is 2.22. The van der Waals surface area contributed by atoms with Crippen LogP contribution in [0.3, 0.4) is 0 Å². The smallest absolute Gasteiger partial charge is 0.264 e. The molecule has 0 fully saturated rings. The molecular weight excluding hydrogens is 388 g/mol. The molecule has 1 aromatic rings. The van der Waals surface area contributed by atoms with Gasteiger partial charge in [-0.2, -0.15) is 0 Å². The molecule has 1 amide bonds. The molecule has 6 heteroatoms. The maximum Gasteiger partial charge on any atom is 0.264 e. The molecule has 130 valence electrons. The molecule has 0 saturated heterocycles. The lowest BCUT2D eigenvalue weighted by Gasteiger charge is -2.14. The fourth-order valence-electron chi connectivity index (χ4n) is 2.59. The van der Waals surface area contributed by atoms with Crippen molar-refractivity contribution in [1.29, 1.82) is 0 Å². The zero-order chi connectivity index (χ0) is 17.4. The molecule has 0 aromatic heterocycles. The van der Waals surface area contributed by atoms with Crippen LogP contribution in [-0.4, -0.2) is 24.2 Å². The predicted molar refractivity (Wildman–Crippen MR) is 104 cm³/mol. The molecule has 0 bridgehead atoms. The number of hydrogen-bond acceptors (Lipinski definition) is 3. The van der Waals surface area contributed by atoms with Crippen LogP contribution < -0.4 is 15.4 Å². The Labute approximate surface area is 157 Å². The van der Waals surface area contributed by atoms with Crippen molar-refractivity contribution >= 4 is 39.2 Å². The van der Waals surface area contributed by atoms with Crippen LogP contribution in [0.5, 0.6) is 5.75 Å². The number of benzene rings is 1. The van der Waals surface area contributed by atoms with Gasteiger partial charge in [-0.1, -0.05) is 27.6 Å². The summed E-state index contributed by atoms with van der Waals surface area (Å²) in [5, 5.41) is 6.08. The molecule has 0 unspecified atom stereocenters. The van der Waals surface area contributed by atoms with Crippen LogP contribution in [0.15, 0.2) is 34.3 Å². The number of amides is 1. The Morgan fingerprint density at radius 3 is 2.92 bits per heavy atom. The molecule has 4 nitrogen and oxygen atoms in total. The van der Waals surface area contributed by atoms with Crippen LogP contribution in [0.4, 0.5) is 0 Å². The Balaban J connectivity index is 1.66. The molecule has 2 N–H and O–H groups in total. The normalized spacial score (nSPS) is 13.8. The molecule has 1 aliphatic carbocycles. The molecule has 1 aliphatic rings. The van der Waals surface area contributed by atoms with Gasteiger partial charge >= 0.3 is 0 Å². The average molecular weight is 411 g/mol. The third-order valence-corrected chi connectivity index (χ3v) is 4.61. The van der Waals surface area contributed by atoms with Crippen molar-refractivity contribution in [2.24, 2.45) is 0 Å². The number of aryl methyl sites for hydroxylation is 1. The SMILES string of the molecule is Cc1cc(Br)ccc1OCC(=O)NC(=S)NCCC1=CCCCC1. The van der Waals surface area contributed by atoms with E-state index in [9.17, 15) is 4.79 Å². The van der Waals surface area contributed by atoms with Gasteiger partial charge in [-0.25, -0.2) is 0 Å². The lowest BCUT2D eigenvalue weighted by molar-refractivity contribution is -0.121. The minimum atomic E-state index is -0.258. The Hall–Kier alpha value is -1.40. The van der Waals surface area contributed by atoms with Gasteiger partial charge in [-0.15, -0.1) is 0 Å². The summed E-state index contributed by atoms with van der Waals surface area (Å²) in [4.78, 5) is 11.9. The highest BCUT2D eigenvalue weighted by atomic mass is 79.9. The van der Waals surface area contributed by atoms with Crippen molar-refractivity contribution in [2.75, 3.05) is 13.2 Å². The fraction of sp³-hybridized carbons (Fsp3) is 0.444. The van der Waals surface area contributed by atoms with Crippen LogP contribution in [-0.2, 0) is 4.79 Å². The second-order valence-corrected chi connectivity index (χ2v) is 7.18. The molecule has 0 aliphatic heterocycles. The number of halogens is 1. The Bertz CT molecular complexity index is 631. The van der Waals surface area contributed by atoms with E-state index in [1.165, 1.54) is 31.3 Å². The zero-order valence-electron chi connectivity index (χ0n) is 13.9. The number of ether oxygens (including phenoxy) is 1. The van der Waals surface area contributed by atoms with E-state index in [0.717, 1.165) is 23.0 Å². The molecule has 24 heavy (non-hydrogen) atoms. The summed E-state index contributed by atoms with van der Waals surface area (Å²) >= 11 is 8.54. The van der Waals surface area contributed by atoms with Crippen molar-refractivity contribution < 1.29 is 9.53 Å². The van der Waals surface area contributed by atoms with E-state index in [4.69, 9.17) is 17.0 Å². The number of allylic oxidation sites excluding steroid dienone is 1. The third-order valence-electron chi connectivity index (χ3n) is 3.87. The summed E-state index contributed by atoms with van der Waals surface area (Å²) < 4.78 is 6.51. The largest absolute Gasteiger partial charge is 0.483 e. The van der Waals surface area contributed by atoms with Gasteiger partial charge in [0.05, 0.1) is 0 Å². The van der Waals surface area contributed by atoms with Crippen LogP contribution in [0.1, 0.15) is 37.7 Å². The van der Waals surface area contributed by atoms with E-state index in [1.807, 2.05) is 25.1 Å². The molecule has 0 saturated carbocycles. The first-order chi connectivity index (χ1) is 11.5. The molecule has 1 aromatic carbocycles. The van der Waals surface area contributed by atoms with E-state index in [1.54, 1.807) is 0 Å². The summed E-state index contributed by atoms with van der Waals surface area (Å²) in [5.41, 5.74) is 2.45. The van der Waals surface area contributed by atoms with Crippen LogP contribution in [0.25, 0.3) is 0 Å². The molecule has 0 radical (unpaired) electrons. The van der Waals surface area contributed by atoms with Gasteiger partial charge in [-0.3, -0.25) is 4.79 Å². The van der Waals surface area contributed by atoms with Crippen LogP contribution >= 0.6 is 28.1 Å². The topological polar surface area (TPSA) is 50.4 Å². The quantitative estimate of drug-likeness (QED) is 0.549. The molecular formula is C18H23BrN2O2S. The van der Waals surface area contributed by atoms with Crippen LogP contribution in [0.2, 0.25) is 0 Å². The van der Waals surface area contributed by atoms with Crippen molar-refractivity contribution in [3.8, 4) is 5.75 Å². The number of carbonyl (C=O) groups is 1. The zero-order valence-corrected chi connectivity index (χ0v) is 16.3. The summed E-state index contributed by atoms with van der Waals surface area (Å²) in [6.45, 7) is 2.62. The summed E-state index contributed by atoms with van der Waals surface area (Å²) in [7, 11) is 0. The van der Waals surface area contributed by atoms with E-state index >= 15 is 0 Å². The maximum absolute atomic E-state index is 11.9. The van der Waals surface area contributed by atoms with Crippen molar-refractivity contribution in [3.05, 3.63) is 39.9 Å². The summed E-state index contributed by atoms with van der Waals surface area (Å²) in [5.74, 6) is 0.433. The van der Waals surface area contributed by atoms with Gasteiger partial charge in [0, 0.05) is 11.0 Å². The number of hydrogen-bond donors (Lipinski definition) is 2. The number of carbonyl (C=O) groups excluding carboxylic acids is 1. The first-order valence-corrected chi connectivity index (χ1v) is 9.39. The number of thiocarbonyl (C=S) groups is 1. The standard InChI is InChI=1S/C18H23BrN2O2S/c1-13-11-15(19)7-8-16(13)23-12-17(22)21-18(24)20-10-9-14-5-3-2-4-6-14/h5,7-8,11H,2-4,6,9-10,12H2,1H3,(H2,20,21,22,24). The average Bonchev–Trinajstić information content (AvgIpc) is 2.55. The predicted octanol–water partition coefficient (Wildman–Crippen LogP) is 4.02. The number of rotatable bonds is 6. The van der Waals surface area contributed by atoms with Crippen molar-refractivity contribution in [1.82, 2.24) is 10.6 Å². The van der Waals surface area contributed by atoms with Gasteiger partial charge < -0.3 is 15.4 Å². The first-order valence-electron chi connectivity index (χ1n) is 8.19. The second-order valence-electron chi connectivity index (χ2n) is 5.86. The van der Waals surface area contributed by atoms with Gasteiger partial charge in [0.1, 0.15) is 5.75 Å². The van der Waals surface area contributed by atoms with E-state index in [0.29, 0.717) is 10.9 Å². The van der Waals surface area contributed by atoms with E-state index in [2.05, 4.69) is 32.6 Å². The van der Waals surface area contributed by atoms with E-state index in [-0.39, 0.29) is 12.5 Å². The van der Waals surface area contributed by atoms with Crippen molar-refractivity contribution in [3.63, 3.8) is 0 Å². The van der Waals surface area contributed by atoms with Gasteiger partial charge in [0.25, 0.3) is 5.91 Å². The molecule has 0 atom stereocenters. The van der Waals surface area contributed by atoms with Gasteiger partial charge in [0.2, 0.25) is 0 Å². The molecule has 2 rings (SSSR count). The Morgan fingerprint density at radius 1 is 1.38 bits per heavy atom. The second kappa shape index (κ2) is 9.79. The monoisotopic (exact) mass is 410 g/mol.